The summed E-state index contributed by atoms with van der Waals surface area (Å²) in [6, 6.07) is 8.43. The number of carboxylic acid groups (broad SMARTS) is 1. The summed E-state index contributed by atoms with van der Waals surface area (Å²) in [4.78, 5) is 28.8. The summed E-state index contributed by atoms with van der Waals surface area (Å²) in [6.45, 7) is 5.56. The van der Waals surface area contributed by atoms with Gasteiger partial charge in [-0.2, -0.15) is 0 Å². The number of anilines is 2. The van der Waals surface area contributed by atoms with Crippen molar-refractivity contribution in [2.45, 2.75) is 26.8 Å². The number of aromatic nitrogens is 2. The number of para-hydroxylation sites is 1. The number of benzene rings is 1. The van der Waals surface area contributed by atoms with Gasteiger partial charge in [0, 0.05) is 24.5 Å². The summed E-state index contributed by atoms with van der Waals surface area (Å²) in [6.07, 6.45) is 1.76. The largest absolute Gasteiger partial charge is 0.478 e. The molecule has 0 amide bonds. The van der Waals surface area contributed by atoms with Crippen molar-refractivity contribution in [2.75, 3.05) is 17.7 Å². The first kappa shape index (κ1) is 18.4. The lowest BCUT2D eigenvalue weighted by atomic mass is 10.1. The molecule has 0 bridgehead atoms. The molecule has 0 saturated heterocycles. The molecule has 1 aromatic carbocycles. The first-order valence-electron chi connectivity index (χ1n) is 8.63. The van der Waals surface area contributed by atoms with Crippen LogP contribution in [0.25, 0.3) is 5.65 Å². The lowest BCUT2D eigenvalue weighted by Crippen LogP contribution is -2.22. The molecule has 0 radical (unpaired) electrons. The fourth-order valence-electron chi connectivity index (χ4n) is 3.16. The summed E-state index contributed by atoms with van der Waals surface area (Å²) in [7, 11) is 1.73. The number of hydrogen-bond donors (Lipinski definition) is 3. The third-order valence-corrected chi connectivity index (χ3v) is 4.55. The van der Waals surface area contributed by atoms with Gasteiger partial charge in [0.15, 0.2) is 0 Å². The van der Waals surface area contributed by atoms with Gasteiger partial charge in [-0.25, -0.2) is 9.78 Å². The average Bonchev–Trinajstić information content (AvgIpc) is 2.64. The molecule has 3 N–H and O–H groups in total. The Morgan fingerprint density at radius 3 is 2.63 bits per heavy atom. The lowest BCUT2D eigenvalue weighted by Gasteiger charge is -2.20. The number of hydrogen-bond acceptors (Lipinski definition) is 5. The van der Waals surface area contributed by atoms with Crippen LogP contribution in [0, 0.1) is 13.8 Å². The Bertz CT molecular complexity index is 1090. The van der Waals surface area contributed by atoms with E-state index in [1.165, 1.54) is 0 Å². The fourth-order valence-corrected chi connectivity index (χ4v) is 3.16. The normalized spacial score (nSPS) is 12.0. The molecule has 7 nitrogen and oxygen atoms in total. The van der Waals surface area contributed by atoms with Crippen LogP contribution in [-0.4, -0.2) is 27.5 Å². The Hall–Kier alpha value is -3.35. The maximum absolute atomic E-state index is 12.7. The number of pyridine rings is 1. The first-order chi connectivity index (χ1) is 12.8. The van der Waals surface area contributed by atoms with Crippen molar-refractivity contribution in [1.29, 1.82) is 0 Å². The van der Waals surface area contributed by atoms with Gasteiger partial charge < -0.3 is 15.7 Å². The molecule has 0 spiro atoms. The van der Waals surface area contributed by atoms with Crippen molar-refractivity contribution in [3.05, 3.63) is 69.1 Å². The summed E-state index contributed by atoms with van der Waals surface area (Å²) < 4.78 is 1.54. The molecule has 27 heavy (non-hydrogen) atoms. The van der Waals surface area contributed by atoms with E-state index in [9.17, 15) is 14.7 Å². The van der Waals surface area contributed by atoms with E-state index in [1.807, 2.05) is 19.9 Å². The first-order valence-corrected chi connectivity index (χ1v) is 8.63. The smallest absolute Gasteiger partial charge is 0.337 e. The fraction of sp³-hybridized carbons (Fsp3) is 0.250. The van der Waals surface area contributed by atoms with Gasteiger partial charge in [-0.15, -0.1) is 0 Å². The highest BCUT2D eigenvalue weighted by Gasteiger charge is 2.18. The zero-order valence-corrected chi connectivity index (χ0v) is 15.7. The van der Waals surface area contributed by atoms with Crippen LogP contribution in [0.3, 0.4) is 0 Å². The molecule has 140 valence electrons. The highest BCUT2D eigenvalue weighted by molar-refractivity contribution is 5.94. The number of aromatic carboxylic acids is 1. The molecule has 0 aliphatic rings. The van der Waals surface area contributed by atoms with Gasteiger partial charge in [-0.05, 0) is 44.5 Å². The number of nitrogens with one attached hydrogen (secondary N) is 2. The summed E-state index contributed by atoms with van der Waals surface area (Å²) in [5.74, 6) is -0.468. The van der Waals surface area contributed by atoms with Crippen LogP contribution in [0.4, 0.5) is 11.5 Å². The standard InChI is InChI=1S/C20H22N4O3/c1-11-9-15(13(3)22-16-8-6-5-7-14(16)20(26)27)18-23-17(21-4)12(2)19(25)24(18)10-11/h5-10,13,21-22H,1-4H3,(H,26,27). The molecule has 3 aromatic rings. The number of rotatable bonds is 5. The van der Waals surface area contributed by atoms with Crippen molar-refractivity contribution in [2.24, 2.45) is 0 Å². The molecular weight excluding hydrogens is 344 g/mol. The maximum Gasteiger partial charge on any atom is 0.337 e. The van der Waals surface area contributed by atoms with Gasteiger partial charge >= 0.3 is 5.97 Å². The quantitative estimate of drug-likeness (QED) is 0.642. The number of carbonyl (C=O) groups is 1. The van der Waals surface area contributed by atoms with E-state index < -0.39 is 5.97 Å². The van der Waals surface area contributed by atoms with Crippen LogP contribution in [0.2, 0.25) is 0 Å². The number of fused-ring (bicyclic) bond motifs is 1. The van der Waals surface area contributed by atoms with Crippen molar-refractivity contribution < 1.29 is 9.90 Å². The van der Waals surface area contributed by atoms with Crippen LogP contribution in [0.5, 0.6) is 0 Å². The second kappa shape index (κ2) is 7.11. The number of carboxylic acids is 1. The molecule has 0 aliphatic heterocycles. The Balaban J connectivity index is 2.15. The predicted molar refractivity (Wildman–Crippen MR) is 106 cm³/mol. The second-order valence-corrected chi connectivity index (χ2v) is 6.52. The van der Waals surface area contributed by atoms with E-state index in [0.717, 1.165) is 11.1 Å². The highest BCUT2D eigenvalue weighted by Crippen LogP contribution is 2.26. The predicted octanol–water partition coefficient (Wildman–Crippen LogP) is 3.22. The van der Waals surface area contributed by atoms with Crippen molar-refractivity contribution in [3.63, 3.8) is 0 Å². The van der Waals surface area contributed by atoms with E-state index in [0.29, 0.717) is 22.7 Å². The minimum Gasteiger partial charge on any atom is -0.478 e. The molecule has 0 aliphatic carbocycles. The molecule has 3 rings (SSSR count). The zero-order valence-electron chi connectivity index (χ0n) is 15.7. The lowest BCUT2D eigenvalue weighted by molar-refractivity contribution is 0.0698. The van der Waals surface area contributed by atoms with E-state index in [2.05, 4.69) is 15.6 Å². The Kier molecular flexibility index (Phi) is 4.85. The SMILES string of the molecule is CNc1nc2c(C(C)Nc3ccccc3C(=O)O)cc(C)cn2c(=O)c1C. The second-order valence-electron chi connectivity index (χ2n) is 6.52. The molecule has 0 fully saturated rings. The van der Waals surface area contributed by atoms with Crippen LogP contribution in [0.1, 0.15) is 40.0 Å². The molecule has 1 atom stereocenters. The number of nitrogens with zero attached hydrogens (tertiary/aromatic N) is 2. The van der Waals surface area contributed by atoms with E-state index in [4.69, 9.17) is 0 Å². The Morgan fingerprint density at radius 1 is 1.26 bits per heavy atom. The van der Waals surface area contributed by atoms with Gasteiger partial charge in [0.1, 0.15) is 11.5 Å². The minimum absolute atomic E-state index is 0.132. The van der Waals surface area contributed by atoms with Gasteiger partial charge in [0.05, 0.1) is 17.2 Å². The van der Waals surface area contributed by atoms with Crippen molar-refractivity contribution in [3.8, 4) is 0 Å². The van der Waals surface area contributed by atoms with Gasteiger partial charge in [-0.1, -0.05) is 12.1 Å². The van der Waals surface area contributed by atoms with Crippen LogP contribution < -0.4 is 16.2 Å². The minimum atomic E-state index is -0.998. The zero-order chi connectivity index (χ0) is 19.7. The third-order valence-electron chi connectivity index (χ3n) is 4.55. The van der Waals surface area contributed by atoms with Gasteiger partial charge in [-0.3, -0.25) is 9.20 Å². The molecule has 2 aromatic heterocycles. The van der Waals surface area contributed by atoms with Crippen LogP contribution in [0.15, 0.2) is 41.3 Å². The van der Waals surface area contributed by atoms with Crippen molar-refractivity contribution >= 4 is 23.1 Å². The molecule has 1 unspecified atom stereocenters. The third kappa shape index (κ3) is 3.36. The Morgan fingerprint density at radius 2 is 1.96 bits per heavy atom. The van der Waals surface area contributed by atoms with Crippen LogP contribution in [-0.2, 0) is 0 Å². The summed E-state index contributed by atoms with van der Waals surface area (Å²) >= 11 is 0. The topological polar surface area (TPSA) is 95.7 Å². The monoisotopic (exact) mass is 366 g/mol. The van der Waals surface area contributed by atoms with Gasteiger partial charge in [0.25, 0.3) is 5.56 Å². The molecular formula is C20H22N4O3. The molecule has 2 heterocycles. The van der Waals surface area contributed by atoms with Crippen LogP contribution >= 0.6 is 0 Å². The van der Waals surface area contributed by atoms with E-state index in [1.54, 1.807) is 48.8 Å². The van der Waals surface area contributed by atoms with E-state index in [-0.39, 0.29) is 17.2 Å². The van der Waals surface area contributed by atoms with E-state index >= 15 is 0 Å². The maximum atomic E-state index is 12.7. The summed E-state index contributed by atoms with van der Waals surface area (Å²) in [5.41, 5.74) is 3.38. The van der Waals surface area contributed by atoms with Gasteiger partial charge in [0.2, 0.25) is 0 Å². The summed E-state index contributed by atoms with van der Waals surface area (Å²) in [5, 5.41) is 15.6. The Labute approximate surface area is 156 Å². The van der Waals surface area contributed by atoms with Crippen molar-refractivity contribution in [1.82, 2.24) is 9.38 Å². The molecule has 7 heteroatoms. The highest BCUT2D eigenvalue weighted by atomic mass is 16.4. The number of aryl methyl sites for hydroxylation is 1. The average molecular weight is 366 g/mol. The molecule has 0 saturated carbocycles.